The van der Waals surface area contributed by atoms with Crippen LogP contribution in [0.3, 0.4) is 0 Å². The van der Waals surface area contributed by atoms with Gasteiger partial charge in [-0.25, -0.2) is 0 Å². The number of anilines is 2. The van der Waals surface area contributed by atoms with E-state index in [1.165, 1.54) is 12.3 Å². The fraction of sp³-hybridized carbons (Fsp3) is 0.316. The lowest BCUT2D eigenvalue weighted by atomic mass is 9.84. The van der Waals surface area contributed by atoms with Crippen molar-refractivity contribution in [3.8, 4) is 0 Å². The van der Waals surface area contributed by atoms with Crippen LogP contribution in [0.4, 0.5) is 11.4 Å². The normalized spacial score (nSPS) is 18.0. The fourth-order valence-electron chi connectivity index (χ4n) is 3.61. The highest BCUT2D eigenvalue weighted by molar-refractivity contribution is 6.06. The predicted molar refractivity (Wildman–Crippen MR) is 98.4 cm³/mol. The number of aromatic amines is 1. The first kappa shape index (κ1) is 16.4. The minimum absolute atomic E-state index is 0.0727. The third kappa shape index (κ3) is 2.65. The first-order valence-corrected chi connectivity index (χ1v) is 8.66. The zero-order valence-electron chi connectivity index (χ0n) is 14.5. The number of hydrogen-bond donors (Lipinski definition) is 3. The monoisotopic (exact) mass is 352 g/mol. The zero-order valence-corrected chi connectivity index (χ0v) is 14.5. The number of H-pyrrole nitrogens is 1. The second-order valence-electron chi connectivity index (χ2n) is 6.89. The highest BCUT2D eigenvalue weighted by Gasteiger charge is 2.45. The number of aromatic nitrogens is 1. The number of pyridine rings is 1. The maximum atomic E-state index is 12.7. The van der Waals surface area contributed by atoms with E-state index in [9.17, 15) is 14.4 Å². The van der Waals surface area contributed by atoms with E-state index in [2.05, 4.69) is 15.6 Å². The number of rotatable bonds is 1. The van der Waals surface area contributed by atoms with Gasteiger partial charge in [0.15, 0.2) is 5.43 Å². The molecule has 7 nitrogen and oxygen atoms in total. The SMILES string of the molecule is Cc1cc(=O)c(C(=O)N2CCC3(CC2)Nc2ccccc2NC3=O)c[nH]1. The maximum absolute atomic E-state index is 12.7. The predicted octanol–water partition coefficient (Wildman–Crippen LogP) is 1.72. The minimum atomic E-state index is -0.717. The van der Waals surface area contributed by atoms with Crippen LogP contribution < -0.4 is 16.1 Å². The van der Waals surface area contributed by atoms with Crippen LogP contribution in [0.2, 0.25) is 0 Å². The molecule has 0 aliphatic carbocycles. The summed E-state index contributed by atoms with van der Waals surface area (Å²) in [4.78, 5) is 41.9. The van der Waals surface area contributed by atoms with Crippen molar-refractivity contribution in [3.63, 3.8) is 0 Å². The second kappa shape index (κ2) is 6.01. The molecule has 2 aliphatic rings. The third-order valence-electron chi connectivity index (χ3n) is 5.18. The summed E-state index contributed by atoms with van der Waals surface area (Å²) in [7, 11) is 0. The van der Waals surface area contributed by atoms with Gasteiger partial charge in [-0.2, -0.15) is 0 Å². The summed E-state index contributed by atoms with van der Waals surface area (Å²) >= 11 is 0. The number of likely N-dealkylation sites (tertiary alicyclic amines) is 1. The Kier molecular flexibility index (Phi) is 3.79. The van der Waals surface area contributed by atoms with Gasteiger partial charge in [0, 0.05) is 31.0 Å². The number of carbonyl (C=O) groups excluding carboxylic acids is 2. The largest absolute Gasteiger partial charge is 0.369 e. The molecule has 2 amide bonds. The zero-order chi connectivity index (χ0) is 18.3. The summed E-state index contributed by atoms with van der Waals surface area (Å²) in [6.45, 7) is 2.59. The van der Waals surface area contributed by atoms with Crippen LogP contribution in [-0.4, -0.2) is 40.3 Å². The summed E-state index contributed by atoms with van der Waals surface area (Å²) in [6, 6.07) is 9.00. The molecule has 3 N–H and O–H groups in total. The van der Waals surface area contributed by atoms with E-state index in [4.69, 9.17) is 0 Å². The summed E-state index contributed by atoms with van der Waals surface area (Å²) in [5, 5.41) is 6.31. The van der Waals surface area contributed by atoms with Crippen molar-refractivity contribution in [1.29, 1.82) is 0 Å². The Morgan fingerprint density at radius 2 is 1.81 bits per heavy atom. The number of amides is 2. The average Bonchev–Trinajstić information content (AvgIpc) is 2.63. The van der Waals surface area contributed by atoms with Gasteiger partial charge in [0.05, 0.1) is 11.4 Å². The van der Waals surface area contributed by atoms with Crippen LogP contribution in [0.25, 0.3) is 0 Å². The van der Waals surface area contributed by atoms with Gasteiger partial charge in [0.25, 0.3) is 5.91 Å². The van der Waals surface area contributed by atoms with Crippen molar-refractivity contribution < 1.29 is 9.59 Å². The van der Waals surface area contributed by atoms with Crippen LogP contribution in [0.5, 0.6) is 0 Å². The van der Waals surface area contributed by atoms with Crippen LogP contribution in [0, 0.1) is 6.92 Å². The van der Waals surface area contributed by atoms with Crippen molar-refractivity contribution in [3.05, 3.63) is 58.0 Å². The molecule has 0 radical (unpaired) electrons. The van der Waals surface area contributed by atoms with Crippen molar-refractivity contribution >= 4 is 23.2 Å². The van der Waals surface area contributed by atoms with Crippen LogP contribution in [0.1, 0.15) is 28.9 Å². The quantitative estimate of drug-likeness (QED) is 0.728. The molecule has 3 heterocycles. The van der Waals surface area contributed by atoms with Crippen molar-refractivity contribution in [2.75, 3.05) is 23.7 Å². The summed E-state index contributed by atoms with van der Waals surface area (Å²) < 4.78 is 0. The highest BCUT2D eigenvalue weighted by atomic mass is 16.2. The fourth-order valence-corrected chi connectivity index (χ4v) is 3.61. The lowest BCUT2D eigenvalue weighted by Crippen LogP contribution is -2.59. The first-order valence-electron chi connectivity index (χ1n) is 8.66. The van der Waals surface area contributed by atoms with E-state index in [1.54, 1.807) is 11.8 Å². The number of aryl methyl sites for hydroxylation is 1. The first-order chi connectivity index (χ1) is 12.5. The van der Waals surface area contributed by atoms with Gasteiger partial charge >= 0.3 is 0 Å². The lowest BCUT2D eigenvalue weighted by Gasteiger charge is -2.44. The van der Waals surface area contributed by atoms with E-state index in [-0.39, 0.29) is 22.8 Å². The van der Waals surface area contributed by atoms with Gasteiger partial charge in [-0.05, 0) is 31.9 Å². The van der Waals surface area contributed by atoms with Crippen molar-refractivity contribution in [1.82, 2.24) is 9.88 Å². The Bertz CT molecular complexity index is 942. The Morgan fingerprint density at radius 1 is 1.12 bits per heavy atom. The lowest BCUT2D eigenvalue weighted by molar-refractivity contribution is -0.122. The second-order valence-corrected chi connectivity index (χ2v) is 6.89. The summed E-state index contributed by atoms with van der Waals surface area (Å²) in [5.41, 5.74) is 1.51. The van der Waals surface area contributed by atoms with Gasteiger partial charge in [-0.3, -0.25) is 14.4 Å². The van der Waals surface area contributed by atoms with E-state index in [0.717, 1.165) is 11.4 Å². The Labute approximate surface area is 150 Å². The summed E-state index contributed by atoms with van der Waals surface area (Å²) in [5.74, 6) is -0.366. The number of piperidine rings is 1. The van der Waals surface area contributed by atoms with Gasteiger partial charge in [0.2, 0.25) is 5.91 Å². The maximum Gasteiger partial charge on any atom is 0.259 e. The number of para-hydroxylation sites is 2. The van der Waals surface area contributed by atoms with Gasteiger partial charge in [-0.15, -0.1) is 0 Å². The molecule has 0 bridgehead atoms. The molecule has 0 saturated carbocycles. The van der Waals surface area contributed by atoms with Crippen LogP contribution >= 0.6 is 0 Å². The number of hydrogen-bond acceptors (Lipinski definition) is 4. The molecule has 2 aliphatic heterocycles. The number of nitrogens with zero attached hydrogens (tertiary/aromatic N) is 1. The molecule has 1 fully saturated rings. The Balaban J connectivity index is 1.51. The summed E-state index contributed by atoms with van der Waals surface area (Å²) in [6.07, 6.45) is 2.44. The molecule has 26 heavy (non-hydrogen) atoms. The molecule has 0 atom stereocenters. The molecule has 1 aromatic heterocycles. The van der Waals surface area contributed by atoms with Gasteiger partial charge < -0.3 is 20.5 Å². The van der Waals surface area contributed by atoms with Crippen LogP contribution in [0.15, 0.2) is 41.3 Å². The molecule has 134 valence electrons. The van der Waals surface area contributed by atoms with Crippen molar-refractivity contribution in [2.24, 2.45) is 0 Å². The number of carbonyl (C=O) groups is 2. The number of fused-ring (bicyclic) bond motifs is 1. The van der Waals surface area contributed by atoms with E-state index in [0.29, 0.717) is 31.6 Å². The molecule has 7 heteroatoms. The number of nitrogens with one attached hydrogen (secondary N) is 3. The smallest absolute Gasteiger partial charge is 0.259 e. The molecule has 4 rings (SSSR count). The average molecular weight is 352 g/mol. The Morgan fingerprint density at radius 3 is 2.50 bits per heavy atom. The van der Waals surface area contributed by atoms with Crippen LogP contribution in [-0.2, 0) is 4.79 Å². The molecule has 1 aromatic carbocycles. The third-order valence-corrected chi connectivity index (χ3v) is 5.18. The Hall–Kier alpha value is -3.09. The highest BCUT2D eigenvalue weighted by Crippen LogP contribution is 2.36. The molecule has 0 unspecified atom stereocenters. The molecule has 1 saturated heterocycles. The minimum Gasteiger partial charge on any atom is -0.369 e. The topological polar surface area (TPSA) is 94.3 Å². The van der Waals surface area contributed by atoms with E-state index >= 15 is 0 Å². The molecule has 1 spiro atoms. The van der Waals surface area contributed by atoms with E-state index in [1.807, 2.05) is 24.3 Å². The molecule has 2 aromatic rings. The molecular weight excluding hydrogens is 332 g/mol. The van der Waals surface area contributed by atoms with E-state index < -0.39 is 5.54 Å². The van der Waals surface area contributed by atoms with Gasteiger partial charge in [-0.1, -0.05) is 12.1 Å². The van der Waals surface area contributed by atoms with Crippen molar-refractivity contribution in [2.45, 2.75) is 25.3 Å². The molecular formula is C19H20N4O3. The number of benzene rings is 1. The van der Waals surface area contributed by atoms with Gasteiger partial charge in [0.1, 0.15) is 11.1 Å². The standard InChI is InChI=1S/C19H20N4O3/c1-12-10-16(24)13(11-20-12)17(25)23-8-6-19(7-9-23)18(26)21-14-4-2-3-5-15(14)22-19/h2-5,10-11,22H,6-9H2,1H3,(H,20,24)(H,21,26).